The van der Waals surface area contributed by atoms with Gasteiger partial charge in [0.1, 0.15) is 17.1 Å². The Hall–Kier alpha value is -2.76. The Bertz CT molecular complexity index is 1060. The van der Waals surface area contributed by atoms with E-state index >= 15 is 0 Å². The second-order valence-electron chi connectivity index (χ2n) is 6.57. The standard InChI is InChI=1S/C18H16ClF6N5O/c1-3-12(29-14-13(19)9(2)28-16-26-8-27-30(14)16)10-4-6-11(7-5-10)31-18(24,25)15(20)17(21,22)23/h4-8,12,15,29H,3H2,1-2H3. The Morgan fingerprint density at radius 2 is 1.81 bits per heavy atom. The number of nitrogens with one attached hydrogen (secondary N) is 1. The molecule has 0 aliphatic heterocycles. The quantitative estimate of drug-likeness (QED) is 0.463. The molecule has 1 N–H and O–H groups in total. The average Bonchev–Trinajstić information content (AvgIpc) is 3.15. The summed E-state index contributed by atoms with van der Waals surface area (Å²) in [5, 5.41) is 7.54. The van der Waals surface area contributed by atoms with Crippen LogP contribution < -0.4 is 10.1 Å². The summed E-state index contributed by atoms with van der Waals surface area (Å²) in [7, 11) is 0. The lowest BCUT2D eigenvalue weighted by molar-refractivity contribution is -0.304. The zero-order valence-corrected chi connectivity index (χ0v) is 16.8. The number of nitrogens with zero attached hydrogens (tertiary/aromatic N) is 4. The molecule has 0 amide bonds. The molecule has 0 aliphatic carbocycles. The number of benzene rings is 1. The van der Waals surface area contributed by atoms with Gasteiger partial charge in [0.2, 0.25) is 0 Å². The molecule has 2 atom stereocenters. The molecule has 1 aromatic carbocycles. The van der Waals surface area contributed by atoms with Crippen LogP contribution >= 0.6 is 11.6 Å². The number of hydrogen-bond acceptors (Lipinski definition) is 5. The highest BCUT2D eigenvalue weighted by atomic mass is 35.5. The van der Waals surface area contributed by atoms with Crippen LogP contribution in [0, 0.1) is 6.92 Å². The summed E-state index contributed by atoms with van der Waals surface area (Å²) in [6, 6.07) is 4.41. The van der Waals surface area contributed by atoms with Crippen LogP contribution in [-0.4, -0.2) is 38.0 Å². The molecule has 0 bridgehead atoms. The van der Waals surface area contributed by atoms with Gasteiger partial charge in [0.05, 0.1) is 11.7 Å². The van der Waals surface area contributed by atoms with Gasteiger partial charge in [-0.2, -0.15) is 36.6 Å². The Kier molecular flexibility index (Phi) is 6.21. The Morgan fingerprint density at radius 1 is 1.16 bits per heavy atom. The van der Waals surface area contributed by atoms with Crippen molar-refractivity contribution >= 4 is 23.2 Å². The van der Waals surface area contributed by atoms with Crippen LogP contribution in [0.1, 0.15) is 30.6 Å². The van der Waals surface area contributed by atoms with E-state index in [2.05, 4.69) is 25.1 Å². The number of halogens is 7. The van der Waals surface area contributed by atoms with Crippen LogP contribution in [0.15, 0.2) is 30.6 Å². The number of hydrogen-bond donors (Lipinski definition) is 1. The van der Waals surface area contributed by atoms with E-state index < -0.39 is 24.2 Å². The smallest absolute Gasteiger partial charge is 0.430 e. The van der Waals surface area contributed by atoms with Crippen molar-refractivity contribution in [3.8, 4) is 5.75 Å². The van der Waals surface area contributed by atoms with E-state index in [0.29, 0.717) is 34.3 Å². The average molecular weight is 468 g/mol. The number of aryl methyl sites for hydroxylation is 1. The zero-order chi connectivity index (χ0) is 23.0. The molecule has 0 fully saturated rings. The van der Waals surface area contributed by atoms with E-state index in [1.54, 1.807) is 6.92 Å². The van der Waals surface area contributed by atoms with Gasteiger partial charge in [-0.05, 0) is 31.0 Å². The minimum absolute atomic E-state index is 0.303. The number of rotatable bonds is 7. The maximum atomic E-state index is 13.4. The van der Waals surface area contributed by atoms with Crippen LogP contribution in [0.25, 0.3) is 5.78 Å². The molecule has 3 aromatic rings. The van der Waals surface area contributed by atoms with Gasteiger partial charge in [-0.1, -0.05) is 30.7 Å². The van der Waals surface area contributed by atoms with Crippen molar-refractivity contribution in [1.29, 1.82) is 0 Å². The number of alkyl halides is 6. The molecule has 6 nitrogen and oxygen atoms in total. The number of anilines is 1. The fraction of sp³-hybridized carbons (Fsp3) is 0.389. The third-order valence-electron chi connectivity index (χ3n) is 4.37. The molecule has 3 rings (SSSR count). The van der Waals surface area contributed by atoms with E-state index in [1.807, 2.05) is 6.92 Å². The number of ether oxygens (including phenoxy) is 1. The lowest BCUT2D eigenvalue weighted by atomic mass is 10.0. The molecule has 2 aromatic heterocycles. The molecule has 0 saturated carbocycles. The predicted molar refractivity (Wildman–Crippen MR) is 100 cm³/mol. The fourth-order valence-electron chi connectivity index (χ4n) is 2.81. The van der Waals surface area contributed by atoms with Gasteiger partial charge in [0, 0.05) is 0 Å². The molecule has 2 heterocycles. The molecule has 0 saturated heterocycles. The minimum atomic E-state index is -5.75. The molecule has 0 spiro atoms. The van der Waals surface area contributed by atoms with Gasteiger partial charge >= 0.3 is 12.3 Å². The lowest BCUT2D eigenvalue weighted by Gasteiger charge is -2.24. The van der Waals surface area contributed by atoms with Crippen LogP contribution in [0.4, 0.5) is 32.2 Å². The highest BCUT2D eigenvalue weighted by molar-refractivity contribution is 6.33. The van der Waals surface area contributed by atoms with Crippen LogP contribution in [0.3, 0.4) is 0 Å². The van der Waals surface area contributed by atoms with Gasteiger partial charge < -0.3 is 10.1 Å². The summed E-state index contributed by atoms with van der Waals surface area (Å²) in [6.45, 7) is 3.53. The molecule has 31 heavy (non-hydrogen) atoms. The topological polar surface area (TPSA) is 64.3 Å². The SMILES string of the molecule is CCC(Nc1c(Cl)c(C)nc2ncnn12)c1ccc(OC(F)(F)C(F)C(F)(F)F)cc1. The maximum absolute atomic E-state index is 13.4. The Labute approximate surface area is 177 Å². The van der Waals surface area contributed by atoms with E-state index in [9.17, 15) is 26.3 Å². The second kappa shape index (κ2) is 8.40. The van der Waals surface area contributed by atoms with Crippen LogP contribution in [-0.2, 0) is 0 Å². The second-order valence-corrected chi connectivity index (χ2v) is 6.95. The number of fused-ring (bicyclic) bond motifs is 1. The molecule has 0 radical (unpaired) electrons. The molecule has 168 valence electrons. The van der Waals surface area contributed by atoms with Crippen LogP contribution in [0.5, 0.6) is 5.75 Å². The predicted octanol–water partition coefficient (Wildman–Crippen LogP) is 5.52. The maximum Gasteiger partial charge on any atom is 0.439 e. The molecule has 2 unspecified atom stereocenters. The van der Waals surface area contributed by atoms with E-state index in [1.165, 1.54) is 23.0 Å². The molecular formula is C18H16ClF6N5O. The van der Waals surface area contributed by atoms with Crippen molar-refractivity contribution in [2.75, 3.05) is 5.32 Å². The first-order valence-corrected chi connectivity index (χ1v) is 9.31. The van der Waals surface area contributed by atoms with Crippen molar-refractivity contribution in [3.05, 3.63) is 46.9 Å². The Balaban J connectivity index is 1.82. The molecule has 13 heteroatoms. The van der Waals surface area contributed by atoms with Crippen molar-refractivity contribution in [1.82, 2.24) is 19.6 Å². The molecular weight excluding hydrogens is 452 g/mol. The van der Waals surface area contributed by atoms with Gasteiger partial charge in [0.15, 0.2) is 5.82 Å². The Morgan fingerprint density at radius 3 is 2.39 bits per heavy atom. The summed E-state index contributed by atoms with van der Waals surface area (Å²) in [5.41, 5.74) is 1.10. The fourth-order valence-corrected chi connectivity index (χ4v) is 2.99. The summed E-state index contributed by atoms with van der Waals surface area (Å²) in [6.07, 6.45) is -13.5. The van der Waals surface area contributed by atoms with Gasteiger partial charge in [-0.25, -0.2) is 9.37 Å². The van der Waals surface area contributed by atoms with Crippen molar-refractivity contribution in [3.63, 3.8) is 0 Å². The monoisotopic (exact) mass is 467 g/mol. The van der Waals surface area contributed by atoms with Crippen molar-refractivity contribution in [2.45, 2.75) is 44.8 Å². The summed E-state index contributed by atoms with van der Waals surface area (Å²) < 4.78 is 82.0. The zero-order valence-electron chi connectivity index (χ0n) is 16.1. The third-order valence-corrected chi connectivity index (χ3v) is 4.83. The van der Waals surface area contributed by atoms with Crippen LogP contribution in [0.2, 0.25) is 5.02 Å². The summed E-state index contributed by atoms with van der Waals surface area (Å²) in [5.74, 6) is 0.105. The first-order valence-electron chi connectivity index (χ1n) is 8.94. The number of aromatic nitrogens is 4. The van der Waals surface area contributed by atoms with Crippen molar-refractivity contribution < 1.29 is 31.1 Å². The van der Waals surface area contributed by atoms with Gasteiger partial charge in [-0.3, -0.25) is 0 Å². The van der Waals surface area contributed by atoms with Crippen molar-refractivity contribution in [2.24, 2.45) is 0 Å². The highest BCUT2D eigenvalue weighted by Gasteiger charge is 2.59. The van der Waals surface area contributed by atoms with E-state index in [0.717, 1.165) is 12.1 Å². The summed E-state index contributed by atoms with van der Waals surface area (Å²) in [4.78, 5) is 8.21. The third kappa shape index (κ3) is 4.78. The minimum Gasteiger partial charge on any atom is -0.430 e. The van der Waals surface area contributed by atoms with E-state index in [4.69, 9.17) is 11.6 Å². The normalized spacial score (nSPS) is 14.5. The highest BCUT2D eigenvalue weighted by Crippen LogP contribution is 2.37. The largest absolute Gasteiger partial charge is 0.439 e. The lowest BCUT2D eigenvalue weighted by Crippen LogP contribution is -2.45. The van der Waals surface area contributed by atoms with Gasteiger partial charge in [-0.15, -0.1) is 0 Å². The summed E-state index contributed by atoms with van der Waals surface area (Å²) >= 11 is 6.34. The molecule has 0 aliphatic rings. The van der Waals surface area contributed by atoms with E-state index in [-0.39, 0.29) is 6.04 Å². The first-order chi connectivity index (χ1) is 14.4. The van der Waals surface area contributed by atoms with Gasteiger partial charge in [0.25, 0.3) is 11.9 Å². The first kappa shape index (κ1) is 22.9.